The van der Waals surface area contributed by atoms with Gasteiger partial charge < -0.3 is 10.2 Å². The first-order valence-electron chi connectivity index (χ1n) is 10.8. The molecule has 166 valence electrons. The lowest BCUT2D eigenvalue weighted by Gasteiger charge is -2.40. The molecule has 2 aromatic rings. The van der Waals surface area contributed by atoms with Gasteiger partial charge in [-0.15, -0.1) is 11.3 Å². The summed E-state index contributed by atoms with van der Waals surface area (Å²) in [7, 11) is 1.68. The predicted molar refractivity (Wildman–Crippen MR) is 120 cm³/mol. The lowest BCUT2D eigenvalue weighted by atomic mass is 9.67. The molecule has 2 aliphatic rings. The van der Waals surface area contributed by atoms with Crippen molar-refractivity contribution in [2.45, 2.75) is 58.5 Å². The molecule has 0 bridgehead atoms. The van der Waals surface area contributed by atoms with Crippen molar-refractivity contribution in [1.82, 2.24) is 20.1 Å². The van der Waals surface area contributed by atoms with Gasteiger partial charge in [0.05, 0.1) is 16.8 Å². The molecule has 1 aliphatic heterocycles. The van der Waals surface area contributed by atoms with Gasteiger partial charge >= 0.3 is 6.03 Å². The molecular formula is C23H30N4O3S. The van der Waals surface area contributed by atoms with Crippen LogP contribution < -0.4 is 5.32 Å². The fourth-order valence-electron chi connectivity index (χ4n) is 4.67. The fraction of sp³-hybridized carbons (Fsp3) is 0.565. The van der Waals surface area contributed by atoms with Crippen molar-refractivity contribution in [3.05, 3.63) is 29.3 Å². The molecule has 0 unspecified atom stereocenters. The number of carbonyl (C=O) groups is 3. The molecule has 7 nitrogen and oxygen atoms in total. The minimum Gasteiger partial charge on any atom is -0.337 e. The van der Waals surface area contributed by atoms with Crippen LogP contribution in [-0.2, 0) is 16.1 Å². The van der Waals surface area contributed by atoms with Gasteiger partial charge in [0, 0.05) is 7.05 Å². The van der Waals surface area contributed by atoms with E-state index < -0.39 is 11.6 Å². The van der Waals surface area contributed by atoms with E-state index in [0.717, 1.165) is 33.0 Å². The smallest absolute Gasteiger partial charge is 0.325 e. The summed E-state index contributed by atoms with van der Waals surface area (Å²) < 4.78 is 1.07. The molecule has 0 atom stereocenters. The maximum atomic E-state index is 13.1. The van der Waals surface area contributed by atoms with Crippen LogP contribution in [0.2, 0.25) is 0 Å². The topological polar surface area (TPSA) is 82.6 Å². The van der Waals surface area contributed by atoms with Crippen molar-refractivity contribution in [3.8, 4) is 0 Å². The number of hydrogen-bond donors (Lipinski definition) is 1. The lowest BCUT2D eigenvalue weighted by Crippen LogP contribution is -2.51. The number of fused-ring (bicyclic) bond motifs is 1. The van der Waals surface area contributed by atoms with Crippen molar-refractivity contribution in [1.29, 1.82) is 0 Å². The van der Waals surface area contributed by atoms with E-state index in [1.807, 2.05) is 24.3 Å². The van der Waals surface area contributed by atoms with Crippen LogP contribution in [0.3, 0.4) is 0 Å². The Morgan fingerprint density at radius 2 is 1.94 bits per heavy atom. The minimum atomic E-state index is -0.843. The summed E-state index contributed by atoms with van der Waals surface area (Å²) in [5.74, 6) is -0.00627. The van der Waals surface area contributed by atoms with E-state index in [1.54, 1.807) is 18.4 Å². The molecule has 0 radical (unpaired) electrons. The fourth-order valence-corrected chi connectivity index (χ4v) is 5.69. The van der Waals surface area contributed by atoms with Crippen LogP contribution in [0.4, 0.5) is 4.79 Å². The summed E-state index contributed by atoms with van der Waals surface area (Å²) in [5, 5.41) is 3.73. The standard InChI is InChI=1S/C23H30N4O3S/c1-22(2,3)15-9-11-23(12-10-15)20(29)27(21(30)25-23)14-19(28)26(4)13-18-24-16-7-5-6-8-17(16)31-18/h5-8,15H,9-14H2,1-4H3,(H,25,30). The molecule has 2 heterocycles. The maximum Gasteiger partial charge on any atom is 0.325 e. The van der Waals surface area contributed by atoms with E-state index in [-0.39, 0.29) is 23.8 Å². The molecule has 2 fully saturated rings. The highest BCUT2D eigenvalue weighted by molar-refractivity contribution is 7.18. The number of aromatic nitrogens is 1. The number of nitrogens with zero attached hydrogens (tertiary/aromatic N) is 3. The van der Waals surface area contributed by atoms with Gasteiger partial charge in [0.25, 0.3) is 5.91 Å². The van der Waals surface area contributed by atoms with Gasteiger partial charge in [0.2, 0.25) is 5.91 Å². The molecule has 1 aromatic heterocycles. The number of imide groups is 1. The average Bonchev–Trinajstić information content (AvgIpc) is 3.21. The number of benzene rings is 1. The summed E-state index contributed by atoms with van der Waals surface area (Å²) in [6, 6.07) is 7.38. The number of nitrogens with one attached hydrogen (secondary N) is 1. The molecule has 1 saturated carbocycles. The summed E-state index contributed by atoms with van der Waals surface area (Å²) >= 11 is 1.54. The van der Waals surface area contributed by atoms with Gasteiger partial charge in [-0.05, 0) is 49.1 Å². The number of carbonyl (C=O) groups excluding carboxylic acids is 3. The molecule has 1 N–H and O–H groups in total. The lowest BCUT2D eigenvalue weighted by molar-refractivity contribution is -0.139. The van der Waals surface area contributed by atoms with Crippen molar-refractivity contribution >= 4 is 39.4 Å². The molecule has 8 heteroatoms. The van der Waals surface area contributed by atoms with Gasteiger partial charge in [0.1, 0.15) is 17.1 Å². The average molecular weight is 443 g/mol. The van der Waals surface area contributed by atoms with Crippen molar-refractivity contribution in [2.75, 3.05) is 13.6 Å². The number of urea groups is 1. The zero-order chi connectivity index (χ0) is 22.4. The van der Waals surface area contributed by atoms with Crippen LogP contribution >= 0.6 is 11.3 Å². The van der Waals surface area contributed by atoms with Crippen molar-refractivity contribution in [3.63, 3.8) is 0 Å². The summed E-state index contributed by atoms with van der Waals surface area (Å²) in [6.45, 7) is 6.77. The number of likely N-dealkylation sites (N-methyl/N-ethyl adjacent to an activating group) is 1. The second-order valence-electron chi connectivity index (χ2n) is 9.87. The third-order valence-corrected chi connectivity index (χ3v) is 7.76. The maximum absolute atomic E-state index is 13.1. The Kier molecular flexibility index (Phi) is 5.54. The Bertz CT molecular complexity index is 984. The van der Waals surface area contributed by atoms with Gasteiger partial charge in [-0.3, -0.25) is 14.5 Å². The Morgan fingerprint density at radius 1 is 1.26 bits per heavy atom. The Balaban J connectivity index is 1.39. The Labute approximate surface area is 186 Å². The second kappa shape index (κ2) is 7.89. The Hall–Kier alpha value is -2.48. The SMILES string of the molecule is CN(Cc1nc2ccccc2s1)C(=O)CN1C(=O)NC2(CCC(C(C)(C)C)CC2)C1=O. The number of para-hydroxylation sites is 1. The zero-order valence-electron chi connectivity index (χ0n) is 18.6. The molecule has 4 rings (SSSR count). The monoisotopic (exact) mass is 442 g/mol. The van der Waals surface area contributed by atoms with Crippen LogP contribution in [0.15, 0.2) is 24.3 Å². The summed E-state index contributed by atoms with van der Waals surface area (Å²) in [4.78, 5) is 45.7. The van der Waals surface area contributed by atoms with Gasteiger partial charge in [-0.1, -0.05) is 32.9 Å². The van der Waals surface area contributed by atoms with Gasteiger partial charge in [0.15, 0.2) is 0 Å². The third-order valence-electron chi connectivity index (χ3n) is 6.74. The number of amides is 4. The molecule has 4 amide bonds. The first-order chi connectivity index (χ1) is 14.6. The highest BCUT2D eigenvalue weighted by Gasteiger charge is 2.53. The van der Waals surface area contributed by atoms with Gasteiger partial charge in [-0.25, -0.2) is 9.78 Å². The molecule has 1 spiro atoms. The van der Waals surface area contributed by atoms with E-state index in [1.165, 1.54) is 4.90 Å². The summed E-state index contributed by atoms with van der Waals surface area (Å²) in [6.07, 6.45) is 3.06. The van der Waals surface area contributed by atoms with E-state index in [0.29, 0.717) is 25.3 Å². The van der Waals surface area contributed by atoms with Crippen LogP contribution in [0.1, 0.15) is 51.5 Å². The number of thiazole rings is 1. The first-order valence-corrected chi connectivity index (χ1v) is 11.6. The number of hydrogen-bond acceptors (Lipinski definition) is 5. The van der Waals surface area contributed by atoms with E-state index in [4.69, 9.17) is 0 Å². The van der Waals surface area contributed by atoms with Crippen LogP contribution in [0, 0.1) is 11.3 Å². The zero-order valence-corrected chi connectivity index (χ0v) is 19.4. The Morgan fingerprint density at radius 3 is 2.58 bits per heavy atom. The van der Waals surface area contributed by atoms with Crippen LogP contribution in [0.5, 0.6) is 0 Å². The van der Waals surface area contributed by atoms with E-state index in [9.17, 15) is 14.4 Å². The third kappa shape index (κ3) is 4.18. The largest absolute Gasteiger partial charge is 0.337 e. The molecular weight excluding hydrogens is 412 g/mol. The van der Waals surface area contributed by atoms with Crippen molar-refractivity contribution < 1.29 is 14.4 Å². The summed E-state index contributed by atoms with van der Waals surface area (Å²) in [5.41, 5.74) is 0.252. The molecule has 31 heavy (non-hydrogen) atoms. The highest BCUT2D eigenvalue weighted by Crippen LogP contribution is 2.43. The highest BCUT2D eigenvalue weighted by atomic mass is 32.1. The van der Waals surface area contributed by atoms with E-state index in [2.05, 4.69) is 31.1 Å². The van der Waals surface area contributed by atoms with Crippen LogP contribution in [0.25, 0.3) is 10.2 Å². The number of rotatable bonds is 4. The van der Waals surface area contributed by atoms with E-state index >= 15 is 0 Å². The predicted octanol–water partition coefficient (Wildman–Crippen LogP) is 3.78. The molecule has 1 aromatic carbocycles. The van der Waals surface area contributed by atoms with Gasteiger partial charge in [-0.2, -0.15) is 0 Å². The second-order valence-corrected chi connectivity index (χ2v) is 11.0. The van der Waals surface area contributed by atoms with Crippen LogP contribution in [-0.4, -0.2) is 51.8 Å². The first kappa shape index (κ1) is 21.7. The molecule has 1 aliphatic carbocycles. The molecule has 1 saturated heterocycles. The normalized spacial score (nSPS) is 24.1. The minimum absolute atomic E-state index is 0.187. The van der Waals surface area contributed by atoms with Crippen molar-refractivity contribution in [2.24, 2.45) is 11.3 Å². The quantitative estimate of drug-likeness (QED) is 0.731.